The van der Waals surface area contributed by atoms with Crippen LogP contribution in [0.15, 0.2) is 30.3 Å². The molecule has 130 valence electrons. The Morgan fingerprint density at radius 2 is 1.83 bits per heavy atom. The van der Waals surface area contributed by atoms with Crippen LogP contribution in [0.3, 0.4) is 0 Å². The van der Waals surface area contributed by atoms with Crippen molar-refractivity contribution < 1.29 is 9.53 Å². The van der Waals surface area contributed by atoms with Gasteiger partial charge < -0.3 is 20.7 Å². The average Bonchev–Trinajstić information content (AvgIpc) is 2.53. The van der Waals surface area contributed by atoms with E-state index < -0.39 is 0 Å². The highest BCUT2D eigenvalue weighted by molar-refractivity contribution is 5.73. The fourth-order valence-electron chi connectivity index (χ4n) is 2.52. The van der Waals surface area contributed by atoms with Gasteiger partial charge in [0.15, 0.2) is 0 Å². The molecule has 1 rings (SSSR count). The van der Waals surface area contributed by atoms with Gasteiger partial charge in [-0.1, -0.05) is 44.2 Å². The number of rotatable bonds is 10. The van der Waals surface area contributed by atoms with Crippen LogP contribution in [0.25, 0.3) is 0 Å². The first kappa shape index (κ1) is 19.5. The van der Waals surface area contributed by atoms with Crippen LogP contribution in [0.2, 0.25) is 0 Å². The number of hydrogen-bond donors (Lipinski definition) is 3. The lowest BCUT2D eigenvalue weighted by Crippen LogP contribution is -2.46. The summed E-state index contributed by atoms with van der Waals surface area (Å²) in [6.07, 6.45) is 1.01. The maximum Gasteiger partial charge on any atom is 0.314 e. The van der Waals surface area contributed by atoms with Gasteiger partial charge in [0, 0.05) is 32.3 Å². The second-order valence-electron chi connectivity index (χ2n) is 6.26. The van der Waals surface area contributed by atoms with Gasteiger partial charge in [-0.05, 0) is 24.8 Å². The van der Waals surface area contributed by atoms with Gasteiger partial charge in [-0.25, -0.2) is 4.79 Å². The molecule has 0 bridgehead atoms. The Hall–Kier alpha value is -1.59. The van der Waals surface area contributed by atoms with Crippen LogP contribution in [0.1, 0.15) is 38.8 Å². The Kier molecular flexibility index (Phi) is 9.33. The topological polar surface area (TPSA) is 62.4 Å². The number of nitrogens with one attached hydrogen (secondary N) is 3. The molecule has 5 nitrogen and oxygen atoms in total. The lowest BCUT2D eigenvalue weighted by Gasteiger charge is -2.25. The van der Waals surface area contributed by atoms with Crippen LogP contribution in [0.4, 0.5) is 4.79 Å². The summed E-state index contributed by atoms with van der Waals surface area (Å²) in [7, 11) is 1.62. The van der Waals surface area contributed by atoms with Gasteiger partial charge in [0.25, 0.3) is 0 Å². The van der Waals surface area contributed by atoms with Crippen LogP contribution < -0.4 is 16.0 Å². The molecule has 0 fully saturated rings. The number of methoxy groups -OCH3 is 1. The van der Waals surface area contributed by atoms with E-state index in [0.717, 1.165) is 6.42 Å². The van der Waals surface area contributed by atoms with E-state index in [1.165, 1.54) is 5.56 Å². The predicted molar refractivity (Wildman–Crippen MR) is 94.5 cm³/mol. The van der Waals surface area contributed by atoms with E-state index in [1.807, 2.05) is 18.2 Å². The standard InChI is InChI=1S/C18H31N3O2/c1-14(2)12-17(13-20-18(22)19-10-11-23-4)21-15(3)16-8-6-5-7-9-16/h5-9,14-15,17,21H,10-13H2,1-4H3,(H2,19,20,22)/t15-,17-/m0/s1. The molecule has 0 saturated heterocycles. The number of carbonyl (C=O) groups excluding carboxylic acids is 1. The van der Waals surface area contributed by atoms with E-state index in [1.54, 1.807) is 7.11 Å². The lowest BCUT2D eigenvalue weighted by molar-refractivity contribution is 0.195. The molecule has 2 amide bonds. The fourth-order valence-corrected chi connectivity index (χ4v) is 2.52. The van der Waals surface area contributed by atoms with Gasteiger partial charge in [0.1, 0.15) is 0 Å². The maximum absolute atomic E-state index is 11.8. The largest absolute Gasteiger partial charge is 0.383 e. The molecule has 0 aliphatic carbocycles. The minimum atomic E-state index is -0.148. The summed E-state index contributed by atoms with van der Waals surface area (Å²) in [6.45, 7) is 8.19. The van der Waals surface area contributed by atoms with Gasteiger partial charge in [-0.15, -0.1) is 0 Å². The maximum atomic E-state index is 11.8. The first-order valence-electron chi connectivity index (χ1n) is 8.34. The number of benzene rings is 1. The van der Waals surface area contributed by atoms with Crippen molar-refractivity contribution in [2.45, 2.75) is 39.3 Å². The van der Waals surface area contributed by atoms with E-state index in [9.17, 15) is 4.79 Å². The van der Waals surface area contributed by atoms with E-state index in [-0.39, 0.29) is 18.1 Å². The van der Waals surface area contributed by atoms with Crippen molar-refractivity contribution in [1.82, 2.24) is 16.0 Å². The summed E-state index contributed by atoms with van der Waals surface area (Å²) < 4.78 is 4.92. The summed E-state index contributed by atoms with van der Waals surface area (Å²) in [5.74, 6) is 0.564. The molecule has 0 radical (unpaired) electrons. The summed E-state index contributed by atoms with van der Waals surface area (Å²) >= 11 is 0. The van der Waals surface area contributed by atoms with Crippen molar-refractivity contribution in [1.29, 1.82) is 0 Å². The molecular formula is C18H31N3O2. The summed E-state index contributed by atoms with van der Waals surface area (Å²) in [5.41, 5.74) is 1.26. The Bertz CT molecular complexity index is 437. The minimum Gasteiger partial charge on any atom is -0.383 e. The van der Waals surface area contributed by atoms with Gasteiger partial charge in [0.2, 0.25) is 0 Å². The Balaban J connectivity index is 2.47. The van der Waals surface area contributed by atoms with Crippen molar-refractivity contribution >= 4 is 6.03 Å². The molecule has 2 atom stereocenters. The van der Waals surface area contributed by atoms with Crippen molar-refractivity contribution in [3.8, 4) is 0 Å². The molecule has 0 spiro atoms. The monoisotopic (exact) mass is 321 g/mol. The molecule has 1 aromatic rings. The van der Waals surface area contributed by atoms with Crippen LogP contribution >= 0.6 is 0 Å². The molecule has 3 N–H and O–H groups in total. The zero-order chi connectivity index (χ0) is 17.1. The number of ether oxygens (including phenoxy) is 1. The Morgan fingerprint density at radius 3 is 2.43 bits per heavy atom. The fraction of sp³-hybridized carbons (Fsp3) is 0.611. The SMILES string of the molecule is COCCNC(=O)NC[C@H](CC(C)C)N[C@@H](C)c1ccccc1. The highest BCUT2D eigenvalue weighted by Crippen LogP contribution is 2.14. The third-order valence-electron chi connectivity index (χ3n) is 3.64. The minimum absolute atomic E-state index is 0.148. The Morgan fingerprint density at radius 1 is 1.13 bits per heavy atom. The molecule has 0 unspecified atom stereocenters. The van der Waals surface area contributed by atoms with Gasteiger partial charge >= 0.3 is 6.03 Å². The molecule has 0 aliphatic heterocycles. The second kappa shape index (κ2) is 11.0. The van der Waals surface area contributed by atoms with Crippen LogP contribution in [0, 0.1) is 5.92 Å². The third kappa shape index (κ3) is 8.57. The summed E-state index contributed by atoms with van der Waals surface area (Å²) in [4.78, 5) is 11.8. The third-order valence-corrected chi connectivity index (χ3v) is 3.64. The van der Waals surface area contributed by atoms with E-state index in [2.05, 4.69) is 48.9 Å². The first-order valence-corrected chi connectivity index (χ1v) is 8.34. The highest BCUT2D eigenvalue weighted by atomic mass is 16.5. The van der Waals surface area contributed by atoms with Gasteiger partial charge in [-0.2, -0.15) is 0 Å². The lowest BCUT2D eigenvalue weighted by atomic mass is 10.0. The smallest absolute Gasteiger partial charge is 0.314 e. The number of hydrogen-bond acceptors (Lipinski definition) is 3. The molecule has 1 aromatic carbocycles. The highest BCUT2D eigenvalue weighted by Gasteiger charge is 2.15. The molecule has 0 heterocycles. The average molecular weight is 321 g/mol. The normalized spacial score (nSPS) is 13.6. The van der Waals surface area contributed by atoms with Crippen LogP contribution in [-0.2, 0) is 4.74 Å². The van der Waals surface area contributed by atoms with Gasteiger partial charge in [0.05, 0.1) is 6.61 Å². The second-order valence-corrected chi connectivity index (χ2v) is 6.26. The molecule has 5 heteroatoms. The van der Waals surface area contributed by atoms with E-state index in [0.29, 0.717) is 25.6 Å². The molecule has 0 saturated carbocycles. The zero-order valence-electron chi connectivity index (χ0n) is 14.8. The van der Waals surface area contributed by atoms with E-state index >= 15 is 0 Å². The predicted octanol–water partition coefficient (Wildman–Crippen LogP) is 2.70. The molecular weight excluding hydrogens is 290 g/mol. The van der Waals surface area contributed by atoms with Crippen LogP contribution in [-0.4, -0.2) is 38.9 Å². The van der Waals surface area contributed by atoms with Crippen molar-refractivity contribution in [3.05, 3.63) is 35.9 Å². The number of carbonyl (C=O) groups is 1. The zero-order valence-corrected chi connectivity index (χ0v) is 14.8. The van der Waals surface area contributed by atoms with Crippen LogP contribution in [0.5, 0.6) is 0 Å². The Labute approximate surface area is 140 Å². The van der Waals surface area contributed by atoms with E-state index in [4.69, 9.17) is 4.74 Å². The summed E-state index contributed by atoms with van der Waals surface area (Å²) in [6, 6.07) is 10.7. The molecule has 23 heavy (non-hydrogen) atoms. The van der Waals surface area contributed by atoms with Crippen molar-refractivity contribution in [2.24, 2.45) is 5.92 Å². The summed E-state index contributed by atoms with van der Waals surface area (Å²) in [5, 5.41) is 9.33. The molecule has 0 aliphatic rings. The van der Waals surface area contributed by atoms with Crippen molar-refractivity contribution in [2.75, 3.05) is 26.8 Å². The van der Waals surface area contributed by atoms with Gasteiger partial charge in [-0.3, -0.25) is 0 Å². The first-order chi connectivity index (χ1) is 11.0. The number of urea groups is 1. The van der Waals surface area contributed by atoms with Crippen molar-refractivity contribution in [3.63, 3.8) is 0 Å². The molecule has 0 aromatic heterocycles. The quantitative estimate of drug-likeness (QED) is 0.581. The number of amides is 2.